The standard InChI is InChI=1S/C11H17F2NO3/c1-10(2,4-3-8(15)16)14-9(17)7-5-11(12,13)6-7/h7H,3-6H2,1-2H3,(H,14,17)(H,15,16). The summed E-state index contributed by atoms with van der Waals surface area (Å²) in [5.74, 6) is -4.71. The van der Waals surface area contributed by atoms with Crippen molar-refractivity contribution >= 4 is 11.9 Å². The molecular weight excluding hydrogens is 232 g/mol. The zero-order valence-corrected chi connectivity index (χ0v) is 9.93. The fourth-order valence-corrected chi connectivity index (χ4v) is 1.76. The Bertz CT molecular complexity index is 321. The predicted octanol–water partition coefficient (Wildman–Crippen LogP) is 1.79. The molecule has 0 aliphatic heterocycles. The van der Waals surface area contributed by atoms with Crippen molar-refractivity contribution in [2.75, 3.05) is 0 Å². The van der Waals surface area contributed by atoms with E-state index in [1.54, 1.807) is 13.8 Å². The van der Waals surface area contributed by atoms with E-state index in [2.05, 4.69) is 5.32 Å². The summed E-state index contributed by atoms with van der Waals surface area (Å²) >= 11 is 0. The molecule has 0 bridgehead atoms. The molecule has 1 saturated carbocycles. The average molecular weight is 249 g/mol. The highest BCUT2D eigenvalue weighted by molar-refractivity contribution is 5.80. The number of aliphatic carboxylic acids is 1. The van der Waals surface area contributed by atoms with Gasteiger partial charge in [-0.05, 0) is 20.3 Å². The van der Waals surface area contributed by atoms with E-state index in [9.17, 15) is 18.4 Å². The van der Waals surface area contributed by atoms with Crippen LogP contribution in [0.4, 0.5) is 8.78 Å². The summed E-state index contributed by atoms with van der Waals surface area (Å²) in [6.07, 6.45) is -0.604. The summed E-state index contributed by atoms with van der Waals surface area (Å²) < 4.78 is 25.2. The molecule has 0 saturated heterocycles. The van der Waals surface area contributed by atoms with Gasteiger partial charge in [0.1, 0.15) is 0 Å². The zero-order valence-electron chi connectivity index (χ0n) is 9.93. The molecule has 0 aromatic rings. The zero-order chi connectivity index (χ0) is 13.3. The fourth-order valence-electron chi connectivity index (χ4n) is 1.76. The number of carbonyl (C=O) groups excluding carboxylic acids is 1. The topological polar surface area (TPSA) is 66.4 Å². The van der Waals surface area contributed by atoms with E-state index in [0.29, 0.717) is 0 Å². The van der Waals surface area contributed by atoms with Gasteiger partial charge in [-0.25, -0.2) is 8.78 Å². The second kappa shape index (κ2) is 4.58. The van der Waals surface area contributed by atoms with Crippen LogP contribution in [0.3, 0.4) is 0 Å². The maximum atomic E-state index is 12.6. The van der Waals surface area contributed by atoms with Gasteiger partial charge < -0.3 is 10.4 Å². The lowest BCUT2D eigenvalue weighted by molar-refractivity contribution is -0.152. The number of halogens is 2. The molecule has 1 aliphatic carbocycles. The first-order valence-corrected chi connectivity index (χ1v) is 5.53. The van der Waals surface area contributed by atoms with Crippen molar-refractivity contribution in [3.05, 3.63) is 0 Å². The van der Waals surface area contributed by atoms with Gasteiger partial charge in [-0.15, -0.1) is 0 Å². The smallest absolute Gasteiger partial charge is 0.303 e. The average Bonchev–Trinajstić information content (AvgIpc) is 2.10. The monoisotopic (exact) mass is 249 g/mol. The first kappa shape index (κ1) is 13.9. The third kappa shape index (κ3) is 4.28. The molecule has 4 nitrogen and oxygen atoms in total. The highest BCUT2D eigenvalue weighted by atomic mass is 19.3. The molecule has 0 heterocycles. The Hall–Kier alpha value is -1.20. The van der Waals surface area contributed by atoms with Gasteiger partial charge in [0.15, 0.2) is 0 Å². The third-order valence-corrected chi connectivity index (χ3v) is 2.89. The van der Waals surface area contributed by atoms with E-state index in [0.717, 1.165) is 0 Å². The van der Waals surface area contributed by atoms with Crippen LogP contribution in [0.15, 0.2) is 0 Å². The molecule has 6 heteroatoms. The number of carboxylic acid groups (broad SMARTS) is 1. The van der Waals surface area contributed by atoms with Crippen molar-refractivity contribution in [3.63, 3.8) is 0 Å². The highest BCUT2D eigenvalue weighted by Crippen LogP contribution is 2.42. The molecule has 0 aromatic heterocycles. The van der Waals surface area contributed by atoms with Crippen molar-refractivity contribution < 1.29 is 23.5 Å². The molecule has 2 N–H and O–H groups in total. The van der Waals surface area contributed by atoms with Crippen LogP contribution in [0.25, 0.3) is 0 Å². The Kier molecular flexibility index (Phi) is 3.74. The molecule has 1 aliphatic rings. The maximum absolute atomic E-state index is 12.6. The van der Waals surface area contributed by atoms with Gasteiger partial charge >= 0.3 is 5.97 Å². The number of hydrogen-bond acceptors (Lipinski definition) is 2. The number of carbonyl (C=O) groups is 2. The largest absolute Gasteiger partial charge is 0.481 e. The lowest BCUT2D eigenvalue weighted by Gasteiger charge is -2.36. The Morgan fingerprint density at radius 1 is 1.41 bits per heavy atom. The third-order valence-electron chi connectivity index (χ3n) is 2.89. The second-order valence-corrected chi connectivity index (χ2v) is 5.23. The van der Waals surface area contributed by atoms with Crippen LogP contribution in [-0.4, -0.2) is 28.4 Å². The molecule has 0 aromatic carbocycles. The number of carboxylic acids is 1. The first-order chi connectivity index (χ1) is 7.61. The maximum Gasteiger partial charge on any atom is 0.303 e. The minimum atomic E-state index is -2.72. The molecule has 0 unspecified atom stereocenters. The summed E-state index contributed by atoms with van der Waals surface area (Å²) in [6.45, 7) is 3.37. The van der Waals surface area contributed by atoms with Crippen LogP contribution in [0.5, 0.6) is 0 Å². The SMILES string of the molecule is CC(C)(CCC(=O)O)NC(=O)C1CC(F)(F)C1. The van der Waals surface area contributed by atoms with E-state index in [1.165, 1.54) is 0 Å². The lowest BCUT2D eigenvalue weighted by atomic mass is 9.80. The van der Waals surface area contributed by atoms with E-state index < -0.39 is 42.1 Å². The molecule has 0 spiro atoms. The van der Waals surface area contributed by atoms with Crippen molar-refractivity contribution in [1.29, 1.82) is 0 Å². The quantitative estimate of drug-likeness (QED) is 0.780. The van der Waals surface area contributed by atoms with E-state index in [-0.39, 0.29) is 12.8 Å². The molecule has 98 valence electrons. The van der Waals surface area contributed by atoms with E-state index in [4.69, 9.17) is 5.11 Å². The Morgan fingerprint density at radius 3 is 2.35 bits per heavy atom. The van der Waals surface area contributed by atoms with Gasteiger partial charge in [0.2, 0.25) is 11.8 Å². The normalized spacial score (nSPS) is 19.5. The van der Waals surface area contributed by atoms with Gasteiger partial charge in [-0.3, -0.25) is 9.59 Å². The number of rotatable bonds is 5. The van der Waals surface area contributed by atoms with Gasteiger partial charge in [-0.2, -0.15) is 0 Å². The summed E-state index contributed by atoms with van der Waals surface area (Å²) in [7, 11) is 0. The van der Waals surface area contributed by atoms with Crippen LogP contribution in [0.2, 0.25) is 0 Å². The highest BCUT2D eigenvalue weighted by Gasteiger charge is 2.49. The lowest BCUT2D eigenvalue weighted by Crippen LogP contribution is -2.51. The minimum Gasteiger partial charge on any atom is -0.481 e. The Labute approximate surface area is 98.4 Å². The number of hydrogen-bond donors (Lipinski definition) is 2. The molecule has 0 radical (unpaired) electrons. The minimum absolute atomic E-state index is 0.0614. The molecule has 0 atom stereocenters. The van der Waals surface area contributed by atoms with Gasteiger partial charge in [0, 0.05) is 30.7 Å². The summed E-state index contributed by atoms with van der Waals surface area (Å²) in [6, 6.07) is 0. The van der Waals surface area contributed by atoms with Crippen molar-refractivity contribution in [1.82, 2.24) is 5.32 Å². The van der Waals surface area contributed by atoms with Gasteiger partial charge in [0.05, 0.1) is 0 Å². The molecule has 1 fully saturated rings. The van der Waals surface area contributed by atoms with Crippen LogP contribution >= 0.6 is 0 Å². The Morgan fingerprint density at radius 2 is 1.94 bits per heavy atom. The summed E-state index contributed by atoms with van der Waals surface area (Å²) in [4.78, 5) is 22.0. The molecule has 17 heavy (non-hydrogen) atoms. The molecular formula is C11H17F2NO3. The van der Waals surface area contributed by atoms with Crippen LogP contribution in [0.1, 0.15) is 39.5 Å². The molecule has 1 rings (SSSR count). The number of nitrogens with one attached hydrogen (secondary N) is 1. The summed E-state index contributed by atoms with van der Waals surface area (Å²) in [5.41, 5.74) is -0.680. The summed E-state index contributed by atoms with van der Waals surface area (Å²) in [5, 5.41) is 11.1. The number of amides is 1. The van der Waals surface area contributed by atoms with Crippen molar-refractivity contribution in [3.8, 4) is 0 Å². The van der Waals surface area contributed by atoms with E-state index >= 15 is 0 Å². The van der Waals surface area contributed by atoms with Crippen LogP contribution in [-0.2, 0) is 9.59 Å². The Balaban J connectivity index is 2.37. The van der Waals surface area contributed by atoms with Gasteiger partial charge in [0.25, 0.3) is 0 Å². The second-order valence-electron chi connectivity index (χ2n) is 5.23. The van der Waals surface area contributed by atoms with Gasteiger partial charge in [-0.1, -0.05) is 0 Å². The molecule has 1 amide bonds. The predicted molar refractivity (Wildman–Crippen MR) is 56.8 cm³/mol. The van der Waals surface area contributed by atoms with E-state index in [1.807, 2.05) is 0 Å². The number of alkyl halides is 2. The fraction of sp³-hybridized carbons (Fsp3) is 0.818. The van der Waals surface area contributed by atoms with Crippen molar-refractivity contribution in [2.24, 2.45) is 5.92 Å². The van der Waals surface area contributed by atoms with Crippen molar-refractivity contribution in [2.45, 2.75) is 51.0 Å². The first-order valence-electron chi connectivity index (χ1n) is 5.53. The van der Waals surface area contributed by atoms with Crippen LogP contribution in [0, 0.1) is 5.92 Å². The van der Waals surface area contributed by atoms with Crippen LogP contribution < -0.4 is 5.32 Å².